The lowest BCUT2D eigenvalue weighted by Crippen LogP contribution is -1.94. The first-order valence-electron chi connectivity index (χ1n) is 3.22. The average molecular weight is 251 g/mol. The first-order chi connectivity index (χ1) is 5.59. The monoisotopic (exact) mass is 250 g/mol. The van der Waals surface area contributed by atoms with Gasteiger partial charge < -0.3 is 0 Å². The second-order valence-corrected chi connectivity index (χ2v) is 3.54. The second-order valence-electron chi connectivity index (χ2n) is 2.27. The van der Waals surface area contributed by atoms with Gasteiger partial charge >= 0.3 is 0 Å². The third-order valence-corrected chi connectivity index (χ3v) is 2.22. The molecule has 1 rings (SSSR count). The van der Waals surface area contributed by atoms with Crippen LogP contribution in [0.1, 0.15) is 5.56 Å². The van der Waals surface area contributed by atoms with Gasteiger partial charge in [0.1, 0.15) is 5.82 Å². The number of halogens is 3. The van der Waals surface area contributed by atoms with Crippen LogP contribution in [-0.2, 0) is 11.2 Å². The smallest absolute Gasteiger partial charge is 0.226 e. The van der Waals surface area contributed by atoms with Gasteiger partial charge in [-0.3, -0.25) is 4.79 Å². The van der Waals surface area contributed by atoms with Crippen molar-refractivity contribution in [2.75, 3.05) is 0 Å². The standard InChI is InChI=1S/C8H5BrClFO/c9-7-4-6(11)2-1-5(7)3-8(10)12/h1-2,4H,3H2. The molecule has 0 bridgehead atoms. The van der Waals surface area contributed by atoms with Crippen LogP contribution in [0.4, 0.5) is 4.39 Å². The van der Waals surface area contributed by atoms with Crippen molar-refractivity contribution >= 4 is 32.8 Å². The summed E-state index contributed by atoms with van der Waals surface area (Å²) in [5.74, 6) is -0.340. The molecule has 0 unspecified atom stereocenters. The lowest BCUT2D eigenvalue weighted by atomic mass is 10.2. The second kappa shape index (κ2) is 4.01. The van der Waals surface area contributed by atoms with Crippen molar-refractivity contribution in [2.24, 2.45) is 0 Å². The first kappa shape index (κ1) is 9.68. The van der Waals surface area contributed by atoms with Crippen molar-refractivity contribution in [3.8, 4) is 0 Å². The molecule has 0 amide bonds. The highest BCUT2D eigenvalue weighted by Gasteiger charge is 2.04. The van der Waals surface area contributed by atoms with Gasteiger partial charge in [-0.15, -0.1) is 0 Å². The van der Waals surface area contributed by atoms with Gasteiger partial charge in [-0.05, 0) is 29.3 Å². The number of hydrogen-bond acceptors (Lipinski definition) is 1. The molecule has 64 valence electrons. The highest BCUT2D eigenvalue weighted by Crippen LogP contribution is 2.18. The maximum absolute atomic E-state index is 12.5. The molecule has 1 aromatic rings. The van der Waals surface area contributed by atoms with Gasteiger partial charge in [-0.25, -0.2) is 4.39 Å². The van der Waals surface area contributed by atoms with E-state index < -0.39 is 5.24 Å². The Labute approximate surface area is 82.7 Å². The molecule has 0 fully saturated rings. The Kier molecular flexibility index (Phi) is 3.23. The van der Waals surface area contributed by atoms with E-state index in [0.29, 0.717) is 10.0 Å². The van der Waals surface area contributed by atoms with Crippen molar-refractivity contribution in [1.82, 2.24) is 0 Å². The highest BCUT2D eigenvalue weighted by atomic mass is 79.9. The molecule has 0 saturated heterocycles. The van der Waals surface area contributed by atoms with E-state index in [1.54, 1.807) is 0 Å². The summed E-state index contributed by atoms with van der Waals surface area (Å²) in [6.45, 7) is 0. The van der Waals surface area contributed by atoms with Crippen LogP contribution in [0.25, 0.3) is 0 Å². The van der Waals surface area contributed by atoms with Crippen LogP contribution in [0.3, 0.4) is 0 Å². The number of hydrogen-bond donors (Lipinski definition) is 0. The summed E-state index contributed by atoms with van der Waals surface area (Å²) in [6, 6.07) is 4.12. The fourth-order valence-corrected chi connectivity index (χ4v) is 1.45. The van der Waals surface area contributed by atoms with Gasteiger partial charge in [-0.1, -0.05) is 22.0 Å². The molecule has 0 spiro atoms. The molecule has 4 heteroatoms. The van der Waals surface area contributed by atoms with E-state index in [1.807, 2.05) is 0 Å². The lowest BCUT2D eigenvalue weighted by molar-refractivity contribution is -0.111. The molecule has 1 aromatic carbocycles. The molecule has 0 aliphatic heterocycles. The number of carbonyl (C=O) groups excluding carboxylic acids is 1. The van der Waals surface area contributed by atoms with E-state index >= 15 is 0 Å². The third kappa shape index (κ3) is 2.57. The van der Waals surface area contributed by atoms with Gasteiger partial charge in [0, 0.05) is 10.9 Å². The zero-order valence-electron chi connectivity index (χ0n) is 5.98. The summed E-state index contributed by atoms with van der Waals surface area (Å²) in [7, 11) is 0. The number of carbonyl (C=O) groups is 1. The van der Waals surface area contributed by atoms with Crippen molar-refractivity contribution < 1.29 is 9.18 Å². The van der Waals surface area contributed by atoms with Gasteiger partial charge in [0.2, 0.25) is 5.24 Å². The van der Waals surface area contributed by atoms with Crippen LogP contribution < -0.4 is 0 Å². The summed E-state index contributed by atoms with van der Waals surface area (Å²) in [5, 5.41) is -0.456. The van der Waals surface area contributed by atoms with Crippen molar-refractivity contribution in [3.05, 3.63) is 34.1 Å². The Morgan fingerprint density at radius 3 is 2.75 bits per heavy atom. The zero-order chi connectivity index (χ0) is 9.14. The SMILES string of the molecule is O=C(Cl)Cc1ccc(F)cc1Br. The molecular formula is C8H5BrClFO. The fraction of sp³-hybridized carbons (Fsp3) is 0.125. The minimum atomic E-state index is -0.456. The quantitative estimate of drug-likeness (QED) is 0.739. The van der Waals surface area contributed by atoms with Crippen LogP contribution in [0.15, 0.2) is 22.7 Å². The summed E-state index contributed by atoms with van der Waals surface area (Å²) in [6.07, 6.45) is 0.114. The van der Waals surface area contributed by atoms with E-state index in [4.69, 9.17) is 11.6 Å². The van der Waals surface area contributed by atoms with Gasteiger partial charge in [0.05, 0.1) is 0 Å². The van der Waals surface area contributed by atoms with Crippen LogP contribution in [-0.4, -0.2) is 5.24 Å². The van der Waals surface area contributed by atoms with E-state index in [9.17, 15) is 9.18 Å². The van der Waals surface area contributed by atoms with Gasteiger partial charge in [0.25, 0.3) is 0 Å². The Hall–Kier alpha value is -0.410. The van der Waals surface area contributed by atoms with Crippen molar-refractivity contribution in [2.45, 2.75) is 6.42 Å². The van der Waals surface area contributed by atoms with E-state index in [-0.39, 0.29) is 12.2 Å². The molecule has 12 heavy (non-hydrogen) atoms. The first-order valence-corrected chi connectivity index (χ1v) is 4.39. The third-order valence-electron chi connectivity index (χ3n) is 1.34. The van der Waals surface area contributed by atoms with E-state index in [1.165, 1.54) is 18.2 Å². The summed E-state index contributed by atoms with van der Waals surface area (Å²) in [5.41, 5.74) is 0.691. The molecule has 0 atom stereocenters. The Morgan fingerprint density at radius 2 is 2.25 bits per heavy atom. The molecular weight excluding hydrogens is 246 g/mol. The molecule has 0 radical (unpaired) electrons. The lowest BCUT2D eigenvalue weighted by Gasteiger charge is -1.99. The molecule has 0 aromatic heterocycles. The Balaban J connectivity index is 2.93. The predicted molar refractivity (Wildman–Crippen MR) is 48.7 cm³/mol. The minimum absolute atomic E-state index is 0.114. The normalized spacial score (nSPS) is 9.92. The maximum Gasteiger partial charge on any atom is 0.226 e. The minimum Gasteiger partial charge on any atom is -0.281 e. The number of benzene rings is 1. The maximum atomic E-state index is 12.5. The summed E-state index contributed by atoms with van der Waals surface area (Å²) >= 11 is 8.30. The summed E-state index contributed by atoms with van der Waals surface area (Å²) in [4.78, 5) is 10.5. The summed E-state index contributed by atoms with van der Waals surface area (Å²) < 4.78 is 13.1. The molecule has 0 N–H and O–H groups in total. The van der Waals surface area contributed by atoms with Crippen LogP contribution in [0, 0.1) is 5.82 Å². The molecule has 0 heterocycles. The zero-order valence-corrected chi connectivity index (χ0v) is 8.32. The Morgan fingerprint density at radius 1 is 1.58 bits per heavy atom. The topological polar surface area (TPSA) is 17.1 Å². The number of rotatable bonds is 2. The molecule has 1 nitrogen and oxygen atoms in total. The largest absolute Gasteiger partial charge is 0.281 e. The van der Waals surface area contributed by atoms with Gasteiger partial charge in [-0.2, -0.15) is 0 Å². The van der Waals surface area contributed by atoms with Crippen LogP contribution in [0.2, 0.25) is 0 Å². The van der Waals surface area contributed by atoms with Crippen LogP contribution >= 0.6 is 27.5 Å². The fourth-order valence-electron chi connectivity index (χ4n) is 0.815. The van der Waals surface area contributed by atoms with Crippen LogP contribution in [0.5, 0.6) is 0 Å². The van der Waals surface area contributed by atoms with Crippen molar-refractivity contribution in [1.29, 1.82) is 0 Å². The van der Waals surface area contributed by atoms with E-state index in [0.717, 1.165) is 0 Å². The van der Waals surface area contributed by atoms with Gasteiger partial charge in [0.15, 0.2) is 0 Å². The molecule has 0 saturated carbocycles. The van der Waals surface area contributed by atoms with E-state index in [2.05, 4.69) is 15.9 Å². The average Bonchev–Trinajstić information content (AvgIpc) is 1.94. The van der Waals surface area contributed by atoms with Crippen molar-refractivity contribution in [3.63, 3.8) is 0 Å². The predicted octanol–water partition coefficient (Wildman–Crippen LogP) is 2.90. The molecule has 0 aliphatic carbocycles. The Bertz CT molecular complexity index is 314. The highest BCUT2D eigenvalue weighted by molar-refractivity contribution is 9.10. The molecule has 0 aliphatic rings.